The average Bonchev–Trinajstić information content (AvgIpc) is 2.81. The number of aliphatic hydroxyl groups is 1. The standard InChI is InChI=1S/C11H18F2N2O5/c1-20-7-4-8(10(17)18)15(5-7)11(19)14(2-3-16)6-9(12)13/h7-9,16H,2-6H2,1H3,(H,17,18). The van der Waals surface area contributed by atoms with E-state index >= 15 is 0 Å². The maximum absolute atomic E-state index is 12.4. The molecule has 116 valence electrons. The number of carbonyl (C=O) groups excluding carboxylic acids is 1. The molecule has 20 heavy (non-hydrogen) atoms. The van der Waals surface area contributed by atoms with Gasteiger partial charge < -0.3 is 24.7 Å². The highest BCUT2D eigenvalue weighted by molar-refractivity contribution is 5.83. The second-order valence-electron chi connectivity index (χ2n) is 4.44. The second-order valence-corrected chi connectivity index (χ2v) is 4.44. The van der Waals surface area contributed by atoms with Crippen LogP contribution in [0.2, 0.25) is 0 Å². The van der Waals surface area contributed by atoms with Gasteiger partial charge in [-0.15, -0.1) is 0 Å². The Bertz CT molecular complexity index is 356. The summed E-state index contributed by atoms with van der Waals surface area (Å²) in [6.45, 7) is -1.57. The van der Waals surface area contributed by atoms with Crippen molar-refractivity contribution in [3.8, 4) is 0 Å². The molecule has 0 aliphatic carbocycles. The summed E-state index contributed by atoms with van der Waals surface area (Å²) in [5, 5.41) is 17.9. The Labute approximate surface area is 114 Å². The molecular weight excluding hydrogens is 278 g/mol. The van der Waals surface area contributed by atoms with E-state index in [-0.39, 0.29) is 19.5 Å². The number of carbonyl (C=O) groups is 2. The van der Waals surface area contributed by atoms with E-state index < -0.39 is 43.7 Å². The lowest BCUT2D eigenvalue weighted by molar-refractivity contribution is -0.141. The first kappa shape index (κ1) is 16.6. The van der Waals surface area contributed by atoms with Gasteiger partial charge in [-0.1, -0.05) is 0 Å². The summed E-state index contributed by atoms with van der Waals surface area (Å²) in [5.41, 5.74) is 0. The predicted molar refractivity (Wildman–Crippen MR) is 63.6 cm³/mol. The summed E-state index contributed by atoms with van der Waals surface area (Å²) >= 11 is 0. The van der Waals surface area contributed by atoms with Gasteiger partial charge in [0, 0.05) is 26.6 Å². The summed E-state index contributed by atoms with van der Waals surface area (Å²) < 4.78 is 29.9. The van der Waals surface area contributed by atoms with Gasteiger partial charge in [0.2, 0.25) is 0 Å². The van der Waals surface area contributed by atoms with Gasteiger partial charge in [0.1, 0.15) is 6.04 Å². The van der Waals surface area contributed by atoms with Crippen molar-refractivity contribution >= 4 is 12.0 Å². The molecule has 0 radical (unpaired) electrons. The van der Waals surface area contributed by atoms with Crippen LogP contribution in [-0.2, 0) is 9.53 Å². The third-order valence-corrected chi connectivity index (χ3v) is 3.13. The molecule has 2 N–H and O–H groups in total. The molecule has 7 nitrogen and oxygen atoms in total. The van der Waals surface area contributed by atoms with Gasteiger partial charge in [-0.2, -0.15) is 0 Å². The Balaban J connectivity index is 2.82. The highest BCUT2D eigenvalue weighted by Gasteiger charge is 2.41. The molecule has 0 bridgehead atoms. The highest BCUT2D eigenvalue weighted by Crippen LogP contribution is 2.22. The number of aliphatic carboxylic acids is 1. The Hall–Kier alpha value is -1.48. The van der Waals surface area contributed by atoms with Gasteiger partial charge in [-0.3, -0.25) is 0 Å². The van der Waals surface area contributed by atoms with Crippen LogP contribution in [0.5, 0.6) is 0 Å². The smallest absolute Gasteiger partial charge is 0.326 e. The number of methoxy groups -OCH3 is 1. The van der Waals surface area contributed by atoms with Crippen molar-refractivity contribution in [1.29, 1.82) is 0 Å². The number of carboxylic acids is 1. The molecule has 1 heterocycles. The molecule has 2 atom stereocenters. The van der Waals surface area contributed by atoms with Crippen LogP contribution in [0, 0.1) is 0 Å². The number of aliphatic hydroxyl groups excluding tert-OH is 1. The number of carboxylic acid groups (broad SMARTS) is 1. The van der Waals surface area contributed by atoms with E-state index in [1.54, 1.807) is 0 Å². The molecule has 9 heteroatoms. The molecule has 2 unspecified atom stereocenters. The fraction of sp³-hybridized carbons (Fsp3) is 0.818. The van der Waals surface area contributed by atoms with E-state index in [0.717, 1.165) is 9.80 Å². The number of ether oxygens (including phenoxy) is 1. The maximum Gasteiger partial charge on any atom is 0.326 e. The van der Waals surface area contributed by atoms with Crippen LogP contribution in [0.15, 0.2) is 0 Å². The lowest BCUT2D eigenvalue weighted by Crippen LogP contribution is -2.50. The third-order valence-electron chi connectivity index (χ3n) is 3.13. The molecule has 0 saturated carbocycles. The first-order valence-corrected chi connectivity index (χ1v) is 6.10. The van der Waals surface area contributed by atoms with Gasteiger partial charge >= 0.3 is 12.0 Å². The van der Waals surface area contributed by atoms with Crippen LogP contribution < -0.4 is 0 Å². The van der Waals surface area contributed by atoms with Gasteiger partial charge in [-0.05, 0) is 0 Å². The molecule has 1 rings (SSSR count). The number of amides is 2. The normalized spacial score (nSPS) is 22.4. The van der Waals surface area contributed by atoms with E-state index in [9.17, 15) is 18.4 Å². The molecule has 0 aromatic carbocycles. The van der Waals surface area contributed by atoms with Crippen LogP contribution >= 0.6 is 0 Å². The topological polar surface area (TPSA) is 90.3 Å². The summed E-state index contributed by atoms with van der Waals surface area (Å²) in [7, 11) is 1.39. The van der Waals surface area contributed by atoms with E-state index in [1.165, 1.54) is 7.11 Å². The van der Waals surface area contributed by atoms with Crippen molar-refractivity contribution < 1.29 is 33.3 Å². The Morgan fingerprint density at radius 1 is 1.50 bits per heavy atom. The minimum atomic E-state index is -2.75. The summed E-state index contributed by atoms with van der Waals surface area (Å²) in [6.07, 6.45) is -3.09. The zero-order chi connectivity index (χ0) is 15.3. The Kier molecular flexibility index (Phi) is 6.08. The minimum absolute atomic E-state index is 0.0253. The lowest BCUT2D eigenvalue weighted by atomic mass is 10.2. The molecular formula is C11H18F2N2O5. The molecule has 0 spiro atoms. The van der Waals surface area contributed by atoms with Crippen molar-refractivity contribution in [2.75, 3.05) is 33.4 Å². The molecule has 0 aromatic heterocycles. The maximum atomic E-state index is 12.4. The predicted octanol–water partition coefficient (Wildman–Crippen LogP) is -0.160. The first-order valence-electron chi connectivity index (χ1n) is 6.10. The Morgan fingerprint density at radius 3 is 2.60 bits per heavy atom. The van der Waals surface area contributed by atoms with E-state index in [0.29, 0.717) is 0 Å². The number of hydrogen-bond donors (Lipinski definition) is 2. The number of alkyl halides is 2. The average molecular weight is 296 g/mol. The zero-order valence-corrected chi connectivity index (χ0v) is 11.0. The van der Waals surface area contributed by atoms with E-state index in [1.807, 2.05) is 0 Å². The number of hydrogen-bond acceptors (Lipinski definition) is 4. The second kappa shape index (κ2) is 7.34. The van der Waals surface area contributed by atoms with Crippen LogP contribution in [0.3, 0.4) is 0 Å². The van der Waals surface area contributed by atoms with E-state index in [4.69, 9.17) is 14.9 Å². The zero-order valence-electron chi connectivity index (χ0n) is 11.0. The molecule has 1 aliphatic heterocycles. The van der Waals surface area contributed by atoms with Gasteiger partial charge in [-0.25, -0.2) is 18.4 Å². The quantitative estimate of drug-likeness (QED) is 0.711. The fourth-order valence-electron chi connectivity index (χ4n) is 2.15. The number of rotatable bonds is 6. The van der Waals surface area contributed by atoms with Crippen molar-refractivity contribution in [1.82, 2.24) is 9.80 Å². The number of nitrogens with zero attached hydrogens (tertiary/aromatic N) is 2. The summed E-state index contributed by atoms with van der Waals surface area (Å²) in [6, 6.07) is -1.93. The Morgan fingerprint density at radius 2 is 2.15 bits per heavy atom. The first-order chi connectivity index (χ1) is 9.40. The molecule has 0 aromatic rings. The third kappa shape index (κ3) is 4.01. The van der Waals surface area contributed by atoms with E-state index in [2.05, 4.69) is 0 Å². The molecule has 1 saturated heterocycles. The summed E-state index contributed by atoms with van der Waals surface area (Å²) in [4.78, 5) is 25.0. The number of urea groups is 1. The van der Waals surface area contributed by atoms with Crippen LogP contribution in [-0.4, -0.2) is 83.9 Å². The van der Waals surface area contributed by atoms with Gasteiger partial charge in [0.25, 0.3) is 6.43 Å². The van der Waals surface area contributed by atoms with Crippen molar-refractivity contribution in [2.24, 2.45) is 0 Å². The van der Waals surface area contributed by atoms with Crippen molar-refractivity contribution in [3.05, 3.63) is 0 Å². The molecule has 2 amide bonds. The monoisotopic (exact) mass is 296 g/mol. The van der Waals surface area contributed by atoms with Crippen LogP contribution in [0.1, 0.15) is 6.42 Å². The highest BCUT2D eigenvalue weighted by atomic mass is 19.3. The van der Waals surface area contributed by atoms with Crippen LogP contribution in [0.4, 0.5) is 13.6 Å². The lowest BCUT2D eigenvalue weighted by Gasteiger charge is -2.29. The number of likely N-dealkylation sites (tertiary alicyclic amines) is 1. The van der Waals surface area contributed by atoms with Crippen LogP contribution in [0.25, 0.3) is 0 Å². The minimum Gasteiger partial charge on any atom is -0.480 e. The SMILES string of the molecule is COC1CC(C(=O)O)N(C(=O)N(CCO)CC(F)F)C1. The fourth-order valence-corrected chi connectivity index (χ4v) is 2.15. The largest absolute Gasteiger partial charge is 0.480 e. The summed E-state index contributed by atoms with van der Waals surface area (Å²) in [5.74, 6) is -1.21. The number of halogens is 2. The van der Waals surface area contributed by atoms with Crippen molar-refractivity contribution in [3.63, 3.8) is 0 Å². The van der Waals surface area contributed by atoms with Gasteiger partial charge in [0.15, 0.2) is 0 Å². The molecule has 1 fully saturated rings. The van der Waals surface area contributed by atoms with Crippen molar-refractivity contribution in [2.45, 2.75) is 25.0 Å². The molecule has 1 aliphatic rings. The van der Waals surface area contributed by atoms with Gasteiger partial charge in [0.05, 0.1) is 19.3 Å².